The summed E-state index contributed by atoms with van der Waals surface area (Å²) in [5.41, 5.74) is 0. The molecule has 2 amide bonds. The van der Waals surface area contributed by atoms with E-state index < -0.39 is 18.0 Å². The average molecular weight is 300 g/mol. The number of hydrogen-bond acceptors (Lipinski definition) is 4. The van der Waals surface area contributed by atoms with Crippen LogP contribution in [0.4, 0.5) is 4.79 Å². The van der Waals surface area contributed by atoms with Crippen LogP contribution in [-0.2, 0) is 14.3 Å². The quantitative estimate of drug-likeness (QED) is 0.722. The van der Waals surface area contributed by atoms with Crippen LogP contribution in [0.1, 0.15) is 45.4 Å². The van der Waals surface area contributed by atoms with E-state index in [1.807, 2.05) is 0 Å². The van der Waals surface area contributed by atoms with Gasteiger partial charge in [-0.05, 0) is 26.2 Å². The predicted molar refractivity (Wildman–Crippen MR) is 75.9 cm³/mol. The summed E-state index contributed by atoms with van der Waals surface area (Å²) in [7, 11) is 0. The Kier molecular flexibility index (Phi) is 7.56. The summed E-state index contributed by atoms with van der Waals surface area (Å²) >= 11 is 0. The standard InChI is InChI=1S/C14H24N2O5/c1-2-21-12(17)8-7-11(13(18)19)15-14(20)16-9-5-3-4-6-10-16/h11H,2-10H2,1H3,(H,15,20)(H,18,19)/t11-/m0/s1. The fraction of sp³-hybridized carbons (Fsp3) is 0.786. The third-order valence-corrected chi connectivity index (χ3v) is 3.43. The highest BCUT2D eigenvalue weighted by Gasteiger charge is 2.24. The van der Waals surface area contributed by atoms with Crippen LogP contribution in [0, 0.1) is 0 Å². The van der Waals surface area contributed by atoms with Gasteiger partial charge in [0.1, 0.15) is 6.04 Å². The summed E-state index contributed by atoms with van der Waals surface area (Å²) < 4.78 is 4.75. The highest BCUT2D eigenvalue weighted by Crippen LogP contribution is 2.10. The van der Waals surface area contributed by atoms with Gasteiger partial charge in [-0.15, -0.1) is 0 Å². The third-order valence-electron chi connectivity index (χ3n) is 3.43. The molecule has 2 N–H and O–H groups in total. The van der Waals surface area contributed by atoms with Crippen molar-refractivity contribution < 1.29 is 24.2 Å². The molecule has 1 aliphatic heterocycles. The number of nitrogens with zero attached hydrogens (tertiary/aromatic N) is 1. The summed E-state index contributed by atoms with van der Waals surface area (Å²) in [6, 6.07) is -1.43. The zero-order valence-electron chi connectivity index (χ0n) is 12.5. The molecule has 0 radical (unpaired) electrons. The van der Waals surface area contributed by atoms with Crippen LogP contribution >= 0.6 is 0 Å². The van der Waals surface area contributed by atoms with Crippen molar-refractivity contribution in [3.05, 3.63) is 0 Å². The van der Waals surface area contributed by atoms with Crippen LogP contribution in [0.5, 0.6) is 0 Å². The Labute approximate surface area is 124 Å². The Balaban J connectivity index is 2.46. The van der Waals surface area contributed by atoms with E-state index in [0.717, 1.165) is 25.7 Å². The first kappa shape index (κ1) is 17.3. The van der Waals surface area contributed by atoms with Gasteiger partial charge in [0.15, 0.2) is 0 Å². The van der Waals surface area contributed by atoms with Crippen LogP contribution in [0.2, 0.25) is 0 Å². The molecule has 1 saturated heterocycles. The second-order valence-corrected chi connectivity index (χ2v) is 5.09. The number of likely N-dealkylation sites (tertiary alicyclic amines) is 1. The normalized spacial score (nSPS) is 16.7. The summed E-state index contributed by atoms with van der Waals surface area (Å²) in [4.78, 5) is 36.2. The van der Waals surface area contributed by atoms with Crippen LogP contribution < -0.4 is 5.32 Å². The molecular weight excluding hydrogens is 276 g/mol. The van der Waals surface area contributed by atoms with Gasteiger partial charge in [-0.2, -0.15) is 0 Å². The number of carbonyl (C=O) groups excluding carboxylic acids is 2. The van der Waals surface area contributed by atoms with E-state index in [-0.39, 0.29) is 25.5 Å². The molecule has 7 nitrogen and oxygen atoms in total. The van der Waals surface area contributed by atoms with Crippen molar-refractivity contribution in [1.29, 1.82) is 0 Å². The molecule has 1 fully saturated rings. The maximum atomic E-state index is 12.1. The molecule has 0 unspecified atom stereocenters. The molecule has 120 valence electrons. The predicted octanol–water partition coefficient (Wildman–Crippen LogP) is 1.37. The van der Waals surface area contributed by atoms with E-state index in [1.54, 1.807) is 11.8 Å². The SMILES string of the molecule is CCOC(=O)CC[C@H](NC(=O)N1CCCCCC1)C(=O)O. The summed E-state index contributed by atoms with van der Waals surface area (Å²) in [6.45, 7) is 3.25. The molecule has 0 aromatic heterocycles. The van der Waals surface area contributed by atoms with Gasteiger partial charge in [-0.3, -0.25) is 4.79 Å². The van der Waals surface area contributed by atoms with Gasteiger partial charge >= 0.3 is 18.0 Å². The summed E-state index contributed by atoms with van der Waals surface area (Å²) in [6.07, 6.45) is 4.07. The van der Waals surface area contributed by atoms with Crippen molar-refractivity contribution in [2.24, 2.45) is 0 Å². The van der Waals surface area contributed by atoms with Crippen molar-refractivity contribution >= 4 is 18.0 Å². The van der Waals surface area contributed by atoms with Gasteiger partial charge < -0.3 is 20.1 Å². The zero-order valence-corrected chi connectivity index (χ0v) is 12.5. The second-order valence-electron chi connectivity index (χ2n) is 5.09. The number of amides is 2. The van der Waals surface area contributed by atoms with E-state index in [9.17, 15) is 14.4 Å². The number of esters is 1. The van der Waals surface area contributed by atoms with Crippen molar-refractivity contribution in [2.75, 3.05) is 19.7 Å². The van der Waals surface area contributed by atoms with Gasteiger partial charge in [0.25, 0.3) is 0 Å². The number of nitrogens with one attached hydrogen (secondary N) is 1. The minimum absolute atomic E-state index is 0.0227. The molecule has 7 heteroatoms. The van der Waals surface area contributed by atoms with E-state index in [4.69, 9.17) is 9.84 Å². The molecular formula is C14H24N2O5. The first-order chi connectivity index (χ1) is 10.0. The van der Waals surface area contributed by atoms with Crippen LogP contribution in [0.25, 0.3) is 0 Å². The Morgan fingerprint density at radius 2 is 1.81 bits per heavy atom. The van der Waals surface area contributed by atoms with Crippen molar-refractivity contribution in [1.82, 2.24) is 10.2 Å². The number of carboxylic acids is 1. The largest absolute Gasteiger partial charge is 0.480 e. The van der Waals surface area contributed by atoms with Crippen LogP contribution in [0.15, 0.2) is 0 Å². The number of urea groups is 1. The Bertz CT molecular complexity index is 364. The van der Waals surface area contributed by atoms with Gasteiger partial charge in [0, 0.05) is 19.5 Å². The summed E-state index contributed by atoms with van der Waals surface area (Å²) in [5, 5.41) is 11.6. The maximum absolute atomic E-state index is 12.1. The minimum Gasteiger partial charge on any atom is -0.480 e. The minimum atomic E-state index is -1.14. The Morgan fingerprint density at radius 1 is 1.19 bits per heavy atom. The lowest BCUT2D eigenvalue weighted by Gasteiger charge is -2.23. The molecule has 0 saturated carbocycles. The molecule has 1 aliphatic rings. The van der Waals surface area contributed by atoms with Gasteiger partial charge in [0.05, 0.1) is 6.61 Å². The molecule has 0 bridgehead atoms. The number of carboxylic acid groups (broad SMARTS) is 1. The number of aliphatic carboxylic acids is 1. The second kappa shape index (κ2) is 9.20. The Morgan fingerprint density at radius 3 is 2.33 bits per heavy atom. The van der Waals surface area contributed by atoms with Gasteiger partial charge in [0.2, 0.25) is 0 Å². The van der Waals surface area contributed by atoms with E-state index >= 15 is 0 Å². The monoisotopic (exact) mass is 300 g/mol. The first-order valence-electron chi connectivity index (χ1n) is 7.48. The molecule has 0 aromatic carbocycles. The molecule has 21 heavy (non-hydrogen) atoms. The number of rotatable bonds is 6. The molecule has 0 spiro atoms. The van der Waals surface area contributed by atoms with Crippen molar-refractivity contribution in [2.45, 2.75) is 51.5 Å². The fourth-order valence-corrected chi connectivity index (χ4v) is 2.27. The topological polar surface area (TPSA) is 95.9 Å². The van der Waals surface area contributed by atoms with E-state index in [1.165, 1.54) is 0 Å². The fourth-order valence-electron chi connectivity index (χ4n) is 2.27. The highest BCUT2D eigenvalue weighted by atomic mass is 16.5. The molecule has 1 rings (SSSR count). The Hall–Kier alpha value is -1.79. The molecule has 1 heterocycles. The molecule has 0 aromatic rings. The first-order valence-corrected chi connectivity index (χ1v) is 7.48. The molecule has 0 aliphatic carbocycles. The van der Waals surface area contributed by atoms with Crippen LogP contribution in [-0.4, -0.2) is 53.7 Å². The van der Waals surface area contributed by atoms with Crippen molar-refractivity contribution in [3.63, 3.8) is 0 Å². The average Bonchev–Trinajstić information content (AvgIpc) is 2.72. The summed E-state index contributed by atoms with van der Waals surface area (Å²) in [5.74, 6) is -1.59. The smallest absolute Gasteiger partial charge is 0.326 e. The van der Waals surface area contributed by atoms with E-state index in [0.29, 0.717) is 13.1 Å². The highest BCUT2D eigenvalue weighted by molar-refractivity contribution is 5.83. The number of carbonyl (C=O) groups is 3. The van der Waals surface area contributed by atoms with Gasteiger partial charge in [-0.25, -0.2) is 9.59 Å². The van der Waals surface area contributed by atoms with E-state index in [2.05, 4.69) is 5.32 Å². The van der Waals surface area contributed by atoms with Crippen molar-refractivity contribution in [3.8, 4) is 0 Å². The zero-order chi connectivity index (χ0) is 15.7. The van der Waals surface area contributed by atoms with Gasteiger partial charge in [-0.1, -0.05) is 12.8 Å². The van der Waals surface area contributed by atoms with Crippen LogP contribution in [0.3, 0.4) is 0 Å². The third kappa shape index (κ3) is 6.46. The maximum Gasteiger partial charge on any atom is 0.326 e. The number of hydrogen-bond donors (Lipinski definition) is 2. The lowest BCUT2D eigenvalue weighted by atomic mass is 10.1. The molecule has 1 atom stereocenters. The lowest BCUT2D eigenvalue weighted by molar-refractivity contribution is -0.144. The number of ether oxygens (including phenoxy) is 1. The lowest BCUT2D eigenvalue weighted by Crippen LogP contribution is -2.48.